The summed E-state index contributed by atoms with van der Waals surface area (Å²) in [5.41, 5.74) is 2.30. The Morgan fingerprint density at radius 1 is 1.14 bits per heavy atom. The standard InChI is InChI=1S/C17H13FN2OS/c1-11-6-8-13(9-7-11)19-17-20-16(21)15(22-17)10-12-4-2-3-5-14(12)18/h2-10H,1H3,(H,19,20,21)/b15-10-. The normalized spacial score (nSPS) is 18.0. The zero-order valence-electron chi connectivity index (χ0n) is 11.8. The van der Waals surface area contributed by atoms with Crippen molar-refractivity contribution in [2.45, 2.75) is 6.92 Å². The molecule has 1 aliphatic rings. The fraction of sp³-hybridized carbons (Fsp3) is 0.0588. The number of carbonyl (C=O) groups excluding carboxylic acids is 1. The van der Waals surface area contributed by atoms with Crippen LogP contribution in [0.2, 0.25) is 0 Å². The number of thioether (sulfide) groups is 1. The van der Waals surface area contributed by atoms with Gasteiger partial charge in [-0.05, 0) is 43.0 Å². The molecule has 22 heavy (non-hydrogen) atoms. The third-order valence-electron chi connectivity index (χ3n) is 3.11. The summed E-state index contributed by atoms with van der Waals surface area (Å²) in [6, 6.07) is 14.0. The third-order valence-corrected chi connectivity index (χ3v) is 4.02. The summed E-state index contributed by atoms with van der Waals surface area (Å²) in [6.07, 6.45) is 1.53. The van der Waals surface area contributed by atoms with Crippen LogP contribution in [-0.2, 0) is 4.79 Å². The Morgan fingerprint density at radius 3 is 2.59 bits per heavy atom. The number of carbonyl (C=O) groups is 1. The van der Waals surface area contributed by atoms with Gasteiger partial charge >= 0.3 is 0 Å². The van der Waals surface area contributed by atoms with Crippen molar-refractivity contribution in [1.82, 2.24) is 5.32 Å². The van der Waals surface area contributed by atoms with E-state index in [1.165, 1.54) is 23.9 Å². The minimum absolute atomic E-state index is 0.265. The molecular weight excluding hydrogens is 299 g/mol. The molecule has 0 radical (unpaired) electrons. The second kappa shape index (κ2) is 6.15. The van der Waals surface area contributed by atoms with Crippen molar-refractivity contribution in [3.63, 3.8) is 0 Å². The quantitative estimate of drug-likeness (QED) is 0.851. The highest BCUT2D eigenvalue weighted by Crippen LogP contribution is 2.28. The minimum Gasteiger partial charge on any atom is -0.300 e. The second-order valence-corrected chi connectivity index (χ2v) is 5.87. The van der Waals surface area contributed by atoms with Gasteiger partial charge in [-0.2, -0.15) is 0 Å². The Morgan fingerprint density at radius 2 is 1.86 bits per heavy atom. The number of aliphatic imine (C=N–C) groups is 1. The van der Waals surface area contributed by atoms with Gasteiger partial charge in [-0.3, -0.25) is 4.79 Å². The highest BCUT2D eigenvalue weighted by Gasteiger charge is 2.24. The lowest BCUT2D eigenvalue weighted by molar-refractivity contribution is -0.115. The molecule has 110 valence electrons. The van der Waals surface area contributed by atoms with Gasteiger partial charge in [-0.1, -0.05) is 35.9 Å². The van der Waals surface area contributed by atoms with Crippen molar-refractivity contribution in [2.75, 3.05) is 0 Å². The van der Waals surface area contributed by atoms with Crippen LogP contribution >= 0.6 is 11.8 Å². The monoisotopic (exact) mass is 312 g/mol. The molecule has 0 aliphatic carbocycles. The van der Waals surface area contributed by atoms with Crippen LogP contribution in [0.5, 0.6) is 0 Å². The van der Waals surface area contributed by atoms with Crippen molar-refractivity contribution >= 4 is 34.6 Å². The van der Waals surface area contributed by atoms with Crippen molar-refractivity contribution < 1.29 is 9.18 Å². The number of halogens is 1. The zero-order valence-corrected chi connectivity index (χ0v) is 12.7. The number of aryl methyl sites for hydroxylation is 1. The van der Waals surface area contributed by atoms with E-state index < -0.39 is 0 Å². The Kier molecular flexibility index (Phi) is 4.06. The maximum absolute atomic E-state index is 13.6. The predicted molar refractivity (Wildman–Crippen MR) is 88.4 cm³/mol. The van der Waals surface area contributed by atoms with E-state index in [-0.39, 0.29) is 11.7 Å². The number of rotatable bonds is 2. The van der Waals surface area contributed by atoms with Crippen LogP contribution in [-0.4, -0.2) is 11.1 Å². The van der Waals surface area contributed by atoms with Crippen molar-refractivity contribution in [1.29, 1.82) is 0 Å². The van der Waals surface area contributed by atoms with E-state index in [0.29, 0.717) is 15.6 Å². The molecule has 2 aromatic carbocycles. The number of amides is 1. The SMILES string of the molecule is Cc1ccc(N=C2NC(=O)/C(=C/c3ccccc3F)S2)cc1. The molecule has 2 aromatic rings. The van der Waals surface area contributed by atoms with Crippen molar-refractivity contribution in [2.24, 2.45) is 4.99 Å². The molecule has 1 saturated heterocycles. The number of nitrogens with zero attached hydrogens (tertiary/aromatic N) is 1. The smallest absolute Gasteiger partial charge is 0.264 e. The van der Waals surface area contributed by atoms with Crippen LogP contribution in [0.25, 0.3) is 6.08 Å². The van der Waals surface area contributed by atoms with E-state index in [9.17, 15) is 9.18 Å². The van der Waals surface area contributed by atoms with E-state index in [2.05, 4.69) is 10.3 Å². The van der Waals surface area contributed by atoms with Crippen LogP contribution in [0, 0.1) is 12.7 Å². The van der Waals surface area contributed by atoms with Crippen LogP contribution in [0.1, 0.15) is 11.1 Å². The number of amidine groups is 1. The molecule has 0 unspecified atom stereocenters. The molecule has 0 bridgehead atoms. The van der Waals surface area contributed by atoms with Crippen LogP contribution < -0.4 is 5.32 Å². The molecule has 1 heterocycles. The van der Waals surface area contributed by atoms with Gasteiger partial charge in [0, 0.05) is 5.56 Å². The first-order valence-corrected chi connectivity index (χ1v) is 7.54. The molecule has 1 N–H and O–H groups in total. The highest BCUT2D eigenvalue weighted by molar-refractivity contribution is 8.18. The van der Waals surface area contributed by atoms with E-state index >= 15 is 0 Å². The maximum atomic E-state index is 13.6. The summed E-state index contributed by atoms with van der Waals surface area (Å²) in [5.74, 6) is -0.619. The summed E-state index contributed by atoms with van der Waals surface area (Å²) in [5, 5.41) is 3.19. The average Bonchev–Trinajstić information content (AvgIpc) is 2.84. The van der Waals surface area contributed by atoms with Crippen LogP contribution in [0.4, 0.5) is 10.1 Å². The Hall–Kier alpha value is -2.40. The molecule has 5 heteroatoms. The van der Waals surface area contributed by atoms with Gasteiger partial charge in [-0.25, -0.2) is 9.38 Å². The Balaban J connectivity index is 1.84. The Bertz CT molecular complexity index is 782. The lowest BCUT2D eigenvalue weighted by atomic mass is 10.2. The van der Waals surface area contributed by atoms with Gasteiger partial charge in [0.05, 0.1) is 10.6 Å². The topological polar surface area (TPSA) is 41.5 Å². The molecule has 1 amide bonds. The van der Waals surface area contributed by atoms with Gasteiger partial charge in [-0.15, -0.1) is 0 Å². The van der Waals surface area contributed by atoms with Crippen LogP contribution in [0.3, 0.4) is 0 Å². The summed E-state index contributed by atoms with van der Waals surface area (Å²) in [4.78, 5) is 16.7. The van der Waals surface area contributed by atoms with E-state index in [1.54, 1.807) is 18.2 Å². The molecule has 3 nitrogen and oxygen atoms in total. The predicted octanol–water partition coefficient (Wildman–Crippen LogP) is 4.03. The Labute approximate surface area is 132 Å². The van der Waals surface area contributed by atoms with E-state index in [1.807, 2.05) is 31.2 Å². The maximum Gasteiger partial charge on any atom is 0.264 e. The minimum atomic E-state index is -0.354. The van der Waals surface area contributed by atoms with Gasteiger partial charge in [0.2, 0.25) is 0 Å². The largest absolute Gasteiger partial charge is 0.300 e. The summed E-state index contributed by atoms with van der Waals surface area (Å²) < 4.78 is 13.6. The molecule has 3 rings (SSSR count). The van der Waals surface area contributed by atoms with Gasteiger partial charge in [0.1, 0.15) is 5.82 Å². The zero-order chi connectivity index (χ0) is 15.5. The molecule has 0 aromatic heterocycles. The van der Waals surface area contributed by atoms with Gasteiger partial charge in [0.15, 0.2) is 5.17 Å². The molecule has 1 fully saturated rings. The number of hydrogen-bond acceptors (Lipinski definition) is 3. The fourth-order valence-corrected chi connectivity index (χ4v) is 2.78. The fourth-order valence-electron chi connectivity index (χ4n) is 1.95. The van der Waals surface area contributed by atoms with Gasteiger partial charge in [0.25, 0.3) is 5.91 Å². The second-order valence-electron chi connectivity index (χ2n) is 4.84. The van der Waals surface area contributed by atoms with Crippen molar-refractivity contribution in [3.05, 3.63) is 70.4 Å². The highest BCUT2D eigenvalue weighted by atomic mass is 32.2. The third kappa shape index (κ3) is 3.26. The first-order chi connectivity index (χ1) is 10.6. The first kappa shape index (κ1) is 14.5. The van der Waals surface area contributed by atoms with E-state index in [4.69, 9.17) is 0 Å². The van der Waals surface area contributed by atoms with Gasteiger partial charge < -0.3 is 5.32 Å². The molecular formula is C17H13FN2OS. The number of nitrogens with one attached hydrogen (secondary N) is 1. The molecule has 0 saturated carbocycles. The van der Waals surface area contributed by atoms with Crippen molar-refractivity contribution in [3.8, 4) is 0 Å². The summed E-state index contributed by atoms with van der Waals surface area (Å²) >= 11 is 1.21. The summed E-state index contributed by atoms with van der Waals surface area (Å²) in [6.45, 7) is 2.00. The summed E-state index contributed by atoms with van der Waals surface area (Å²) in [7, 11) is 0. The molecule has 1 aliphatic heterocycles. The molecule has 0 atom stereocenters. The first-order valence-electron chi connectivity index (χ1n) is 6.72. The van der Waals surface area contributed by atoms with E-state index in [0.717, 1.165) is 11.3 Å². The average molecular weight is 312 g/mol. The lowest BCUT2D eigenvalue weighted by Gasteiger charge is -1.97. The molecule has 0 spiro atoms. The van der Waals surface area contributed by atoms with Crippen LogP contribution in [0.15, 0.2) is 58.4 Å². The lowest BCUT2D eigenvalue weighted by Crippen LogP contribution is -2.19. The number of hydrogen-bond donors (Lipinski definition) is 1. The number of benzene rings is 2.